The third-order valence-corrected chi connectivity index (χ3v) is 3.80. The van der Waals surface area contributed by atoms with Crippen LogP contribution in [-0.2, 0) is 19.7 Å². The van der Waals surface area contributed by atoms with Crippen LogP contribution in [0.25, 0.3) is 0 Å². The normalized spacial score (nSPS) is 13.4. The van der Waals surface area contributed by atoms with Gasteiger partial charge in [0.15, 0.2) is 0 Å². The van der Waals surface area contributed by atoms with Gasteiger partial charge in [-0.3, -0.25) is 9.59 Å². The summed E-state index contributed by atoms with van der Waals surface area (Å²) in [4.78, 5) is 23.6. The van der Waals surface area contributed by atoms with E-state index in [2.05, 4.69) is 5.32 Å². The highest BCUT2D eigenvalue weighted by atomic mass is 16.5. The number of benzene rings is 1. The molecule has 0 saturated carbocycles. The Hall–Kier alpha value is -1.88. The number of carbonyl (C=O) groups excluding carboxylic acids is 1. The molecule has 22 heavy (non-hydrogen) atoms. The van der Waals surface area contributed by atoms with Gasteiger partial charge in [0.1, 0.15) is 12.0 Å². The topological polar surface area (TPSA) is 75.6 Å². The summed E-state index contributed by atoms with van der Waals surface area (Å²) in [6.45, 7) is 4.42. The van der Waals surface area contributed by atoms with Gasteiger partial charge < -0.3 is 15.2 Å². The number of carbonyl (C=O) groups is 2. The Bertz CT molecular complexity index is 475. The number of rotatable bonds is 10. The van der Waals surface area contributed by atoms with Crippen LogP contribution in [0.4, 0.5) is 0 Å². The predicted octanol–water partition coefficient (Wildman–Crippen LogP) is 2.35. The van der Waals surface area contributed by atoms with Crippen molar-refractivity contribution in [2.24, 2.45) is 0 Å². The fourth-order valence-corrected chi connectivity index (χ4v) is 2.25. The quantitative estimate of drug-likeness (QED) is 0.651. The zero-order valence-corrected chi connectivity index (χ0v) is 13.3. The molecule has 1 amide bonds. The molecule has 2 N–H and O–H groups in total. The molecule has 0 saturated heterocycles. The van der Waals surface area contributed by atoms with E-state index in [9.17, 15) is 14.7 Å². The fourth-order valence-electron chi connectivity index (χ4n) is 2.25. The van der Waals surface area contributed by atoms with E-state index in [0.717, 1.165) is 12.8 Å². The zero-order chi connectivity index (χ0) is 16.4. The van der Waals surface area contributed by atoms with Gasteiger partial charge in [-0.1, -0.05) is 50.6 Å². The fraction of sp³-hybridized carbons (Fsp3) is 0.529. The van der Waals surface area contributed by atoms with Gasteiger partial charge in [0.25, 0.3) is 0 Å². The van der Waals surface area contributed by atoms with Crippen LogP contribution >= 0.6 is 0 Å². The van der Waals surface area contributed by atoms with Crippen molar-refractivity contribution >= 4 is 11.9 Å². The second kappa shape index (κ2) is 9.20. The Balaban J connectivity index is 2.67. The highest BCUT2D eigenvalue weighted by Crippen LogP contribution is 2.27. The lowest BCUT2D eigenvalue weighted by Gasteiger charge is -2.29. The van der Waals surface area contributed by atoms with E-state index >= 15 is 0 Å². The van der Waals surface area contributed by atoms with Gasteiger partial charge in [-0.05, 0) is 18.4 Å². The molecule has 0 aromatic heterocycles. The molecule has 0 aliphatic rings. The molecule has 1 aromatic rings. The molecule has 0 bridgehead atoms. The van der Waals surface area contributed by atoms with Gasteiger partial charge >= 0.3 is 5.97 Å². The van der Waals surface area contributed by atoms with E-state index in [4.69, 9.17) is 4.74 Å². The standard InChI is InChI=1S/C17H25NO4/c1-3-5-11-22-12-15(19)18-13-17(4-2,16(20)21)14-9-7-6-8-10-14/h6-10H,3-5,11-13H2,1-2H3,(H,18,19)(H,20,21). The number of hydrogen-bond donors (Lipinski definition) is 2. The van der Waals surface area contributed by atoms with E-state index in [1.165, 1.54) is 0 Å². The van der Waals surface area contributed by atoms with Gasteiger partial charge in [-0.15, -0.1) is 0 Å². The molecule has 0 heterocycles. The van der Waals surface area contributed by atoms with E-state index in [1.807, 2.05) is 19.9 Å². The molecule has 0 aliphatic carbocycles. The maximum absolute atomic E-state index is 11.8. The minimum Gasteiger partial charge on any atom is -0.481 e. The molecule has 0 fully saturated rings. The van der Waals surface area contributed by atoms with Crippen LogP contribution in [-0.4, -0.2) is 36.7 Å². The first-order chi connectivity index (χ1) is 10.6. The molecule has 5 heteroatoms. The second-order valence-corrected chi connectivity index (χ2v) is 5.29. The molecule has 0 radical (unpaired) electrons. The first kappa shape index (κ1) is 18.2. The molecule has 0 spiro atoms. The lowest BCUT2D eigenvalue weighted by molar-refractivity contribution is -0.144. The molecule has 1 unspecified atom stereocenters. The van der Waals surface area contributed by atoms with E-state index in [1.54, 1.807) is 24.3 Å². The molecular formula is C17H25NO4. The van der Waals surface area contributed by atoms with Crippen LogP contribution in [0.1, 0.15) is 38.7 Å². The number of hydrogen-bond acceptors (Lipinski definition) is 3. The highest BCUT2D eigenvalue weighted by molar-refractivity contribution is 5.84. The predicted molar refractivity (Wildman–Crippen MR) is 84.8 cm³/mol. The molecule has 1 rings (SSSR count). The molecule has 5 nitrogen and oxygen atoms in total. The van der Waals surface area contributed by atoms with E-state index in [0.29, 0.717) is 18.6 Å². The van der Waals surface area contributed by atoms with Crippen molar-refractivity contribution < 1.29 is 19.4 Å². The van der Waals surface area contributed by atoms with Crippen molar-refractivity contribution in [3.8, 4) is 0 Å². The van der Waals surface area contributed by atoms with Crippen LogP contribution in [0.2, 0.25) is 0 Å². The first-order valence-corrected chi connectivity index (χ1v) is 7.70. The highest BCUT2D eigenvalue weighted by Gasteiger charge is 2.38. The van der Waals surface area contributed by atoms with Gasteiger partial charge in [0.2, 0.25) is 5.91 Å². The molecule has 1 atom stereocenters. The number of carboxylic acids is 1. The second-order valence-electron chi connectivity index (χ2n) is 5.29. The SMILES string of the molecule is CCCCOCC(=O)NCC(CC)(C(=O)O)c1ccccc1. The Labute approximate surface area is 131 Å². The summed E-state index contributed by atoms with van der Waals surface area (Å²) in [6, 6.07) is 9.01. The molecule has 1 aromatic carbocycles. The average molecular weight is 307 g/mol. The Morgan fingerprint density at radius 2 is 1.91 bits per heavy atom. The number of nitrogens with one attached hydrogen (secondary N) is 1. The molecule has 0 aliphatic heterocycles. The van der Waals surface area contributed by atoms with Gasteiger partial charge in [-0.25, -0.2) is 0 Å². The lowest BCUT2D eigenvalue weighted by atomic mass is 9.78. The minimum atomic E-state index is -1.11. The third-order valence-electron chi connectivity index (χ3n) is 3.80. The summed E-state index contributed by atoms with van der Waals surface area (Å²) in [5, 5.41) is 12.3. The van der Waals surface area contributed by atoms with Crippen LogP contribution in [0, 0.1) is 0 Å². The average Bonchev–Trinajstić information content (AvgIpc) is 2.53. The smallest absolute Gasteiger partial charge is 0.315 e. The van der Waals surface area contributed by atoms with Crippen molar-refractivity contribution in [2.75, 3.05) is 19.8 Å². The van der Waals surface area contributed by atoms with Crippen molar-refractivity contribution in [2.45, 2.75) is 38.5 Å². The van der Waals surface area contributed by atoms with Crippen LogP contribution in [0.3, 0.4) is 0 Å². The van der Waals surface area contributed by atoms with Gasteiger partial charge in [0.05, 0.1) is 0 Å². The summed E-state index contributed by atoms with van der Waals surface area (Å²) < 4.78 is 5.24. The van der Waals surface area contributed by atoms with E-state index in [-0.39, 0.29) is 19.1 Å². The number of unbranched alkanes of at least 4 members (excludes halogenated alkanes) is 1. The molecule has 122 valence electrons. The largest absolute Gasteiger partial charge is 0.481 e. The van der Waals surface area contributed by atoms with Gasteiger partial charge in [-0.2, -0.15) is 0 Å². The van der Waals surface area contributed by atoms with Crippen molar-refractivity contribution in [3.63, 3.8) is 0 Å². The number of amides is 1. The summed E-state index contributed by atoms with van der Waals surface area (Å²) in [7, 11) is 0. The Morgan fingerprint density at radius 3 is 2.45 bits per heavy atom. The van der Waals surface area contributed by atoms with Crippen LogP contribution < -0.4 is 5.32 Å². The maximum atomic E-state index is 11.8. The Kier molecular flexibility index (Phi) is 7.60. The van der Waals surface area contributed by atoms with Crippen molar-refractivity contribution in [3.05, 3.63) is 35.9 Å². The monoisotopic (exact) mass is 307 g/mol. The van der Waals surface area contributed by atoms with Crippen molar-refractivity contribution in [1.82, 2.24) is 5.32 Å². The summed E-state index contributed by atoms with van der Waals surface area (Å²) in [5.41, 5.74) is -0.419. The van der Waals surface area contributed by atoms with Crippen molar-refractivity contribution in [1.29, 1.82) is 0 Å². The number of ether oxygens (including phenoxy) is 1. The maximum Gasteiger partial charge on any atom is 0.315 e. The third kappa shape index (κ3) is 4.84. The zero-order valence-electron chi connectivity index (χ0n) is 13.3. The molecular weight excluding hydrogens is 282 g/mol. The lowest BCUT2D eigenvalue weighted by Crippen LogP contribution is -2.47. The summed E-state index contributed by atoms with van der Waals surface area (Å²) in [5.74, 6) is -1.22. The van der Waals surface area contributed by atoms with Crippen LogP contribution in [0.5, 0.6) is 0 Å². The minimum absolute atomic E-state index is 0.0335. The summed E-state index contributed by atoms with van der Waals surface area (Å²) in [6.07, 6.45) is 2.31. The summed E-state index contributed by atoms with van der Waals surface area (Å²) >= 11 is 0. The van der Waals surface area contributed by atoms with Crippen LogP contribution in [0.15, 0.2) is 30.3 Å². The number of carboxylic acid groups (broad SMARTS) is 1. The van der Waals surface area contributed by atoms with Gasteiger partial charge in [0, 0.05) is 13.2 Å². The van der Waals surface area contributed by atoms with E-state index < -0.39 is 11.4 Å². The first-order valence-electron chi connectivity index (χ1n) is 7.70. The Morgan fingerprint density at radius 1 is 1.23 bits per heavy atom. The number of aliphatic carboxylic acids is 1.